The number of nitrogens with two attached hydrogens (primary N) is 1. The maximum atomic E-state index is 12.3. The van der Waals surface area contributed by atoms with Crippen LogP contribution >= 0.6 is 24.8 Å². The van der Waals surface area contributed by atoms with Crippen LogP contribution in [0.15, 0.2) is 30.3 Å². The fourth-order valence-corrected chi connectivity index (χ4v) is 3.52. The first-order chi connectivity index (χ1) is 10.5. The maximum Gasteiger partial charge on any atom is 0.241 e. The second-order valence-electron chi connectivity index (χ2n) is 6.96. The molecule has 1 amide bonds. The summed E-state index contributed by atoms with van der Waals surface area (Å²) in [5, 5.41) is 3.05. The molecule has 0 aliphatic carbocycles. The minimum absolute atomic E-state index is 0. The van der Waals surface area contributed by atoms with Gasteiger partial charge in [-0.3, -0.25) is 4.79 Å². The average molecular weight is 376 g/mol. The molecular weight excluding hydrogens is 345 g/mol. The molecule has 6 heteroatoms. The number of likely N-dealkylation sites (tertiary alicyclic amines) is 1. The molecule has 138 valence electrons. The van der Waals surface area contributed by atoms with E-state index in [9.17, 15) is 4.79 Å². The van der Waals surface area contributed by atoms with Gasteiger partial charge in [-0.2, -0.15) is 0 Å². The van der Waals surface area contributed by atoms with E-state index in [1.807, 2.05) is 30.3 Å². The van der Waals surface area contributed by atoms with Crippen LogP contribution in [-0.2, 0) is 4.79 Å². The van der Waals surface area contributed by atoms with Crippen molar-refractivity contribution in [2.24, 2.45) is 17.6 Å². The molecule has 0 saturated carbocycles. The van der Waals surface area contributed by atoms with Gasteiger partial charge >= 0.3 is 0 Å². The summed E-state index contributed by atoms with van der Waals surface area (Å²) in [6, 6.07) is 9.04. The largest absolute Gasteiger partial charge is 0.351 e. The molecule has 2 rings (SSSR count). The fourth-order valence-electron chi connectivity index (χ4n) is 3.52. The van der Waals surface area contributed by atoms with Crippen molar-refractivity contribution < 1.29 is 4.79 Å². The number of halogens is 2. The molecule has 24 heavy (non-hydrogen) atoms. The Morgan fingerprint density at radius 2 is 1.75 bits per heavy atom. The first-order valence-corrected chi connectivity index (χ1v) is 8.29. The van der Waals surface area contributed by atoms with Crippen molar-refractivity contribution in [3.05, 3.63) is 35.9 Å². The molecule has 4 unspecified atom stereocenters. The van der Waals surface area contributed by atoms with Gasteiger partial charge in [-0.25, -0.2) is 0 Å². The van der Waals surface area contributed by atoms with Gasteiger partial charge < -0.3 is 16.0 Å². The molecule has 0 radical (unpaired) electrons. The molecule has 3 N–H and O–H groups in total. The second kappa shape index (κ2) is 10.9. The van der Waals surface area contributed by atoms with Crippen LogP contribution < -0.4 is 11.1 Å². The van der Waals surface area contributed by atoms with Crippen molar-refractivity contribution in [3.8, 4) is 0 Å². The summed E-state index contributed by atoms with van der Waals surface area (Å²) in [5.41, 5.74) is 6.89. The van der Waals surface area contributed by atoms with Crippen LogP contribution in [0.4, 0.5) is 0 Å². The van der Waals surface area contributed by atoms with Crippen molar-refractivity contribution in [2.75, 3.05) is 19.6 Å². The van der Waals surface area contributed by atoms with Crippen molar-refractivity contribution in [1.82, 2.24) is 10.2 Å². The Labute approximate surface area is 158 Å². The van der Waals surface area contributed by atoms with Crippen molar-refractivity contribution >= 4 is 30.7 Å². The van der Waals surface area contributed by atoms with Gasteiger partial charge in [0.2, 0.25) is 5.91 Å². The predicted octanol–water partition coefficient (Wildman–Crippen LogP) is 3.01. The van der Waals surface area contributed by atoms with E-state index >= 15 is 0 Å². The second-order valence-corrected chi connectivity index (χ2v) is 6.96. The van der Waals surface area contributed by atoms with Crippen molar-refractivity contribution in [3.63, 3.8) is 0 Å². The van der Waals surface area contributed by atoms with E-state index in [4.69, 9.17) is 5.73 Å². The summed E-state index contributed by atoms with van der Waals surface area (Å²) >= 11 is 0. The molecule has 4 nitrogen and oxygen atoms in total. The Kier molecular flexibility index (Phi) is 10.6. The van der Waals surface area contributed by atoms with Crippen molar-refractivity contribution in [1.29, 1.82) is 0 Å². The first-order valence-electron chi connectivity index (χ1n) is 8.29. The van der Waals surface area contributed by atoms with E-state index < -0.39 is 6.04 Å². The molecule has 1 aromatic carbocycles. The minimum atomic E-state index is -0.595. The van der Waals surface area contributed by atoms with Gasteiger partial charge in [-0.15, -0.1) is 24.8 Å². The lowest BCUT2D eigenvalue weighted by atomic mass is 9.91. The number of benzene rings is 1. The lowest BCUT2D eigenvalue weighted by Gasteiger charge is -2.36. The van der Waals surface area contributed by atoms with Gasteiger partial charge in [0.25, 0.3) is 0 Å². The van der Waals surface area contributed by atoms with Gasteiger partial charge in [-0.05, 0) is 30.7 Å². The zero-order valence-corrected chi connectivity index (χ0v) is 16.4. The predicted molar refractivity (Wildman–Crippen MR) is 105 cm³/mol. The van der Waals surface area contributed by atoms with E-state index in [1.165, 1.54) is 6.42 Å². The normalized spacial score (nSPS) is 23.3. The van der Waals surface area contributed by atoms with Crippen LogP contribution in [0, 0.1) is 11.8 Å². The highest BCUT2D eigenvalue weighted by Gasteiger charge is 2.24. The quantitative estimate of drug-likeness (QED) is 0.831. The molecule has 0 spiro atoms. The number of hydrogen-bond acceptors (Lipinski definition) is 3. The van der Waals surface area contributed by atoms with Crippen LogP contribution in [0.3, 0.4) is 0 Å². The van der Waals surface area contributed by atoms with Crippen LogP contribution in [0.2, 0.25) is 0 Å². The van der Waals surface area contributed by atoms with Crippen LogP contribution in [0.1, 0.15) is 38.8 Å². The third-order valence-corrected chi connectivity index (χ3v) is 4.31. The molecule has 1 fully saturated rings. The van der Waals surface area contributed by atoms with Crippen LogP contribution in [-0.4, -0.2) is 36.5 Å². The number of amides is 1. The molecule has 0 aromatic heterocycles. The number of nitrogens with one attached hydrogen (secondary N) is 1. The van der Waals surface area contributed by atoms with E-state index in [0.29, 0.717) is 0 Å². The molecular formula is C18H31Cl2N3O. The summed E-state index contributed by atoms with van der Waals surface area (Å²) < 4.78 is 0. The van der Waals surface area contributed by atoms with Gasteiger partial charge in [0.15, 0.2) is 0 Å². The van der Waals surface area contributed by atoms with Crippen LogP contribution in [0.5, 0.6) is 0 Å². The molecule has 1 heterocycles. The van der Waals surface area contributed by atoms with Crippen LogP contribution in [0.25, 0.3) is 0 Å². The Bertz CT molecular complexity index is 476. The molecule has 1 aliphatic heterocycles. The summed E-state index contributed by atoms with van der Waals surface area (Å²) in [6.07, 6.45) is 1.30. The Morgan fingerprint density at radius 3 is 2.29 bits per heavy atom. The van der Waals surface area contributed by atoms with E-state index in [1.54, 1.807) is 0 Å². The number of piperidine rings is 1. The number of carbonyl (C=O) groups is 1. The molecule has 4 atom stereocenters. The molecule has 0 bridgehead atoms. The Hall–Kier alpha value is -0.810. The van der Waals surface area contributed by atoms with E-state index in [-0.39, 0.29) is 36.8 Å². The monoisotopic (exact) mass is 375 g/mol. The lowest BCUT2D eigenvalue weighted by Crippen LogP contribution is -2.48. The highest BCUT2D eigenvalue weighted by Crippen LogP contribution is 2.21. The molecule has 1 aliphatic rings. The highest BCUT2D eigenvalue weighted by atomic mass is 35.5. The topological polar surface area (TPSA) is 58.4 Å². The standard InChI is InChI=1S/C18H29N3O.2ClH/c1-13-9-14(2)11-21(10-13)12-15(3)20-18(22)17(19)16-7-5-4-6-8-16;;/h4-8,13-15,17H,9-12,19H2,1-3H3,(H,20,22);2*1H. The van der Waals surface area contributed by atoms with Gasteiger partial charge in [0.1, 0.15) is 6.04 Å². The summed E-state index contributed by atoms with van der Waals surface area (Å²) in [7, 11) is 0. The van der Waals surface area contributed by atoms with E-state index in [2.05, 4.69) is 31.0 Å². The number of nitrogens with zero attached hydrogens (tertiary/aromatic N) is 1. The zero-order chi connectivity index (χ0) is 16.1. The Balaban J connectivity index is 0.00000264. The number of hydrogen-bond donors (Lipinski definition) is 2. The molecule has 1 saturated heterocycles. The van der Waals surface area contributed by atoms with Crippen molar-refractivity contribution in [2.45, 2.75) is 39.3 Å². The lowest BCUT2D eigenvalue weighted by molar-refractivity contribution is -0.123. The number of carbonyl (C=O) groups excluding carboxylic acids is 1. The van der Waals surface area contributed by atoms with Gasteiger partial charge in [0, 0.05) is 25.7 Å². The summed E-state index contributed by atoms with van der Waals surface area (Å²) in [6.45, 7) is 9.79. The van der Waals surface area contributed by atoms with Gasteiger partial charge in [-0.1, -0.05) is 44.2 Å². The van der Waals surface area contributed by atoms with Gasteiger partial charge in [0.05, 0.1) is 0 Å². The Morgan fingerprint density at radius 1 is 1.21 bits per heavy atom. The summed E-state index contributed by atoms with van der Waals surface area (Å²) in [4.78, 5) is 14.7. The molecule has 1 aromatic rings. The van der Waals surface area contributed by atoms with E-state index in [0.717, 1.165) is 37.0 Å². The zero-order valence-electron chi connectivity index (χ0n) is 14.8. The third kappa shape index (κ3) is 6.98. The minimum Gasteiger partial charge on any atom is -0.351 e. The number of rotatable bonds is 5. The summed E-state index contributed by atoms with van der Waals surface area (Å²) in [5.74, 6) is 1.37. The fraction of sp³-hybridized carbons (Fsp3) is 0.611. The SMILES string of the molecule is CC1CC(C)CN(CC(C)NC(=O)C(N)c2ccccc2)C1.Cl.Cl. The third-order valence-electron chi connectivity index (χ3n) is 4.31. The maximum absolute atomic E-state index is 12.3. The first kappa shape index (κ1) is 23.2. The average Bonchev–Trinajstić information content (AvgIpc) is 2.46. The smallest absolute Gasteiger partial charge is 0.241 e. The highest BCUT2D eigenvalue weighted by molar-refractivity contribution is 5.85.